The molecule has 5 rings (SSSR count). The fourth-order valence-corrected chi connectivity index (χ4v) is 4.24. The van der Waals surface area contributed by atoms with Crippen LogP contribution >= 0.6 is 0 Å². The summed E-state index contributed by atoms with van der Waals surface area (Å²) in [7, 11) is 0. The van der Waals surface area contributed by atoms with Gasteiger partial charge in [0, 0.05) is 60.8 Å². The highest BCUT2D eigenvalue weighted by atomic mass is 16.4. The summed E-state index contributed by atoms with van der Waals surface area (Å²) in [6.07, 6.45) is 3.93. The largest absolute Gasteiger partial charge is 0.422 e. The van der Waals surface area contributed by atoms with E-state index in [1.165, 1.54) is 0 Å². The topological polar surface area (TPSA) is 62.8 Å². The summed E-state index contributed by atoms with van der Waals surface area (Å²) >= 11 is 0. The van der Waals surface area contributed by atoms with Gasteiger partial charge in [-0.05, 0) is 45.0 Å². The summed E-state index contributed by atoms with van der Waals surface area (Å²) in [5.41, 5.74) is 5.69. The summed E-state index contributed by atoms with van der Waals surface area (Å²) < 4.78 is 7.75. The number of hydrogen-bond acceptors (Lipinski definition) is 5. The molecule has 0 bridgehead atoms. The molecule has 0 aliphatic carbocycles. The van der Waals surface area contributed by atoms with Crippen LogP contribution in [0.1, 0.15) is 18.3 Å². The van der Waals surface area contributed by atoms with Gasteiger partial charge in [0.25, 0.3) is 0 Å². The highest BCUT2D eigenvalue weighted by Crippen LogP contribution is 2.27. The number of anilines is 1. The zero-order valence-electron chi connectivity index (χ0n) is 16.9. The third-order valence-electron chi connectivity index (χ3n) is 5.65. The monoisotopic (exact) mass is 388 g/mol. The lowest BCUT2D eigenvalue weighted by Crippen LogP contribution is -2.49. The van der Waals surface area contributed by atoms with Gasteiger partial charge in [0.2, 0.25) is 0 Å². The van der Waals surface area contributed by atoms with Crippen molar-refractivity contribution in [3.8, 4) is 11.1 Å². The Bertz CT molecular complexity index is 1290. The molecule has 1 aliphatic heterocycles. The molecule has 1 aromatic carbocycles. The molecule has 29 heavy (non-hydrogen) atoms. The second kappa shape index (κ2) is 6.74. The SMILES string of the molecule is Cc1cn2cc(-c3cc4ccc(N5CCN[C@H](C)C5)cc4oc3=O)cc2c(C)n1. The summed E-state index contributed by atoms with van der Waals surface area (Å²) in [6.45, 7) is 8.97. The van der Waals surface area contributed by atoms with Crippen molar-refractivity contribution in [3.63, 3.8) is 0 Å². The summed E-state index contributed by atoms with van der Waals surface area (Å²) in [4.78, 5) is 19.6. The molecule has 0 saturated carbocycles. The molecule has 1 fully saturated rings. The molecule has 6 heteroatoms. The second-order valence-electron chi connectivity index (χ2n) is 7.96. The maximum Gasteiger partial charge on any atom is 0.344 e. The molecule has 0 amide bonds. The first-order chi connectivity index (χ1) is 14.0. The summed E-state index contributed by atoms with van der Waals surface area (Å²) in [5.74, 6) is 0. The van der Waals surface area contributed by atoms with Gasteiger partial charge in [-0.3, -0.25) is 4.98 Å². The molecule has 3 aromatic heterocycles. The Labute approximate surface area is 168 Å². The van der Waals surface area contributed by atoms with E-state index in [1.807, 2.05) is 54.9 Å². The van der Waals surface area contributed by atoms with Gasteiger partial charge < -0.3 is 19.0 Å². The molecule has 1 aliphatic rings. The van der Waals surface area contributed by atoms with Crippen molar-refractivity contribution in [2.75, 3.05) is 24.5 Å². The summed E-state index contributed by atoms with van der Waals surface area (Å²) in [6, 6.07) is 10.5. The van der Waals surface area contributed by atoms with Crippen molar-refractivity contribution in [3.05, 3.63) is 64.5 Å². The molecule has 4 aromatic rings. The van der Waals surface area contributed by atoms with Crippen LogP contribution in [-0.2, 0) is 0 Å². The van der Waals surface area contributed by atoms with Crippen LogP contribution < -0.4 is 15.8 Å². The highest BCUT2D eigenvalue weighted by Gasteiger charge is 2.17. The Kier molecular flexibility index (Phi) is 4.17. The van der Waals surface area contributed by atoms with E-state index in [0.717, 1.165) is 53.2 Å². The van der Waals surface area contributed by atoms with Crippen molar-refractivity contribution in [2.45, 2.75) is 26.8 Å². The standard InChI is InChI=1S/C23H24N4O2/c1-14-11-26(7-6-24-14)19-5-4-17-8-20(23(28)29-22(17)10-19)18-9-21-16(3)25-15(2)12-27(21)13-18/h4-5,8-10,12-14,24H,6-7,11H2,1-3H3/t14-/m1/s1. The van der Waals surface area contributed by atoms with E-state index in [9.17, 15) is 4.79 Å². The lowest BCUT2D eigenvalue weighted by molar-refractivity contribution is 0.484. The maximum atomic E-state index is 12.8. The second-order valence-corrected chi connectivity index (χ2v) is 7.96. The Morgan fingerprint density at radius 2 is 2.03 bits per heavy atom. The van der Waals surface area contributed by atoms with Crippen LogP contribution in [0.4, 0.5) is 5.69 Å². The quantitative estimate of drug-likeness (QED) is 0.533. The van der Waals surface area contributed by atoms with Crippen LogP contribution in [-0.4, -0.2) is 35.1 Å². The van der Waals surface area contributed by atoms with Crippen molar-refractivity contribution < 1.29 is 4.42 Å². The van der Waals surface area contributed by atoms with E-state index in [1.54, 1.807) is 0 Å². The fourth-order valence-electron chi connectivity index (χ4n) is 4.24. The molecule has 1 N–H and O–H groups in total. The van der Waals surface area contributed by atoms with Crippen LogP contribution in [0.3, 0.4) is 0 Å². The minimum absolute atomic E-state index is 0.318. The fraction of sp³-hybridized carbons (Fsp3) is 0.304. The van der Waals surface area contributed by atoms with E-state index < -0.39 is 0 Å². The Morgan fingerprint density at radius 1 is 1.17 bits per heavy atom. The minimum Gasteiger partial charge on any atom is -0.422 e. The summed E-state index contributed by atoms with van der Waals surface area (Å²) in [5, 5.41) is 4.37. The number of nitrogens with zero attached hydrogens (tertiary/aromatic N) is 3. The van der Waals surface area contributed by atoms with E-state index >= 15 is 0 Å². The third kappa shape index (κ3) is 3.19. The van der Waals surface area contributed by atoms with Crippen molar-refractivity contribution in [1.29, 1.82) is 0 Å². The van der Waals surface area contributed by atoms with Gasteiger partial charge in [0.15, 0.2) is 0 Å². The van der Waals surface area contributed by atoms with E-state index in [-0.39, 0.29) is 5.63 Å². The molecule has 6 nitrogen and oxygen atoms in total. The molecule has 0 unspecified atom stereocenters. The number of hydrogen-bond donors (Lipinski definition) is 1. The predicted molar refractivity (Wildman–Crippen MR) is 116 cm³/mol. The van der Waals surface area contributed by atoms with Crippen LogP contribution in [0.15, 0.2) is 51.9 Å². The number of aryl methyl sites for hydroxylation is 2. The van der Waals surface area contributed by atoms with E-state index in [0.29, 0.717) is 17.2 Å². The first kappa shape index (κ1) is 17.9. The maximum absolute atomic E-state index is 12.8. The van der Waals surface area contributed by atoms with Gasteiger partial charge in [-0.2, -0.15) is 0 Å². The zero-order chi connectivity index (χ0) is 20.1. The number of benzene rings is 1. The number of aromatic nitrogens is 2. The van der Waals surface area contributed by atoms with Crippen molar-refractivity contribution in [2.24, 2.45) is 0 Å². The lowest BCUT2D eigenvalue weighted by atomic mass is 10.1. The molecule has 4 heterocycles. The average Bonchev–Trinajstić information content (AvgIpc) is 3.11. The normalized spacial score (nSPS) is 17.3. The molecule has 0 radical (unpaired) electrons. The van der Waals surface area contributed by atoms with Gasteiger partial charge in [-0.15, -0.1) is 0 Å². The third-order valence-corrected chi connectivity index (χ3v) is 5.65. The average molecular weight is 388 g/mol. The van der Waals surface area contributed by atoms with Crippen molar-refractivity contribution in [1.82, 2.24) is 14.7 Å². The van der Waals surface area contributed by atoms with Crippen LogP contribution in [0.2, 0.25) is 0 Å². The van der Waals surface area contributed by atoms with E-state index in [2.05, 4.69) is 28.2 Å². The van der Waals surface area contributed by atoms with Crippen LogP contribution in [0, 0.1) is 13.8 Å². The molecule has 0 spiro atoms. The molecule has 1 atom stereocenters. The van der Waals surface area contributed by atoms with Gasteiger partial charge >= 0.3 is 5.63 Å². The first-order valence-corrected chi connectivity index (χ1v) is 10.0. The zero-order valence-corrected chi connectivity index (χ0v) is 16.9. The smallest absolute Gasteiger partial charge is 0.344 e. The van der Waals surface area contributed by atoms with Crippen LogP contribution in [0.25, 0.3) is 27.6 Å². The van der Waals surface area contributed by atoms with Crippen LogP contribution in [0.5, 0.6) is 0 Å². The van der Waals surface area contributed by atoms with Gasteiger partial charge in [0.05, 0.1) is 22.5 Å². The lowest BCUT2D eigenvalue weighted by Gasteiger charge is -2.33. The van der Waals surface area contributed by atoms with Gasteiger partial charge in [-0.25, -0.2) is 4.79 Å². The first-order valence-electron chi connectivity index (χ1n) is 10.0. The van der Waals surface area contributed by atoms with Crippen molar-refractivity contribution >= 4 is 22.2 Å². The van der Waals surface area contributed by atoms with Gasteiger partial charge in [0.1, 0.15) is 5.58 Å². The Morgan fingerprint density at radius 3 is 2.86 bits per heavy atom. The molecule has 148 valence electrons. The van der Waals surface area contributed by atoms with Gasteiger partial charge in [-0.1, -0.05) is 0 Å². The molecular formula is C23H24N4O2. The Hall–Kier alpha value is -3.12. The molecule has 1 saturated heterocycles. The minimum atomic E-state index is -0.318. The predicted octanol–water partition coefficient (Wildman–Crippen LogP) is 3.52. The number of fused-ring (bicyclic) bond motifs is 2. The number of nitrogens with one attached hydrogen (secondary N) is 1. The number of rotatable bonds is 2. The highest BCUT2D eigenvalue weighted by molar-refractivity contribution is 5.85. The van der Waals surface area contributed by atoms with E-state index in [4.69, 9.17) is 4.42 Å². The number of piperazine rings is 1. The molecular weight excluding hydrogens is 364 g/mol. The Balaban J connectivity index is 1.58.